The highest BCUT2D eigenvalue weighted by Crippen LogP contribution is 2.64. The molecular formula is C3H15N3S6. The van der Waals surface area contributed by atoms with Crippen LogP contribution in [-0.4, -0.2) is 28.1 Å². The van der Waals surface area contributed by atoms with E-state index in [0.29, 0.717) is 0 Å². The van der Waals surface area contributed by atoms with E-state index in [9.17, 15) is 0 Å². The summed E-state index contributed by atoms with van der Waals surface area (Å²) in [5, 5.41) is 0. The summed E-state index contributed by atoms with van der Waals surface area (Å²) in [5.41, 5.74) is 0. The van der Waals surface area contributed by atoms with Crippen LogP contribution in [0.1, 0.15) is 0 Å². The number of nitrogens with zero attached hydrogens (tertiary/aromatic N) is 3. The maximum Gasteiger partial charge on any atom is -0.00921 e. The van der Waals surface area contributed by atoms with Gasteiger partial charge < -0.3 is 0 Å². The summed E-state index contributed by atoms with van der Waals surface area (Å²) in [6.07, 6.45) is 6.48. The number of hydrogen-bond acceptors (Lipinski definition) is 6. The van der Waals surface area contributed by atoms with E-state index in [1.54, 1.807) is 0 Å². The van der Waals surface area contributed by atoms with E-state index in [2.05, 4.69) is 66.6 Å². The average molecular weight is 286 g/mol. The van der Waals surface area contributed by atoms with E-state index in [4.69, 9.17) is 0 Å². The van der Waals surface area contributed by atoms with E-state index < -0.39 is 0 Å². The lowest BCUT2D eigenvalue weighted by Crippen LogP contribution is -2.29. The Bertz CT molecular complexity index is 110. The van der Waals surface area contributed by atoms with E-state index >= 15 is 0 Å². The highest BCUT2D eigenvalue weighted by Gasteiger charge is 2.30. The minimum atomic E-state index is -0.357. The van der Waals surface area contributed by atoms with Crippen LogP contribution >= 0.6 is 72.2 Å². The Morgan fingerprint density at radius 2 is 0.833 bits per heavy atom. The molecule has 0 bridgehead atoms. The lowest BCUT2D eigenvalue weighted by Gasteiger charge is -2.53. The van der Waals surface area contributed by atoms with Crippen LogP contribution in [0.3, 0.4) is 0 Å². The maximum absolute atomic E-state index is 4.43. The molecule has 0 radical (unpaired) electrons. The number of hydrogen-bond donors (Lipinski definition) is 6. The summed E-state index contributed by atoms with van der Waals surface area (Å²) in [4.78, 5) is 0. The molecule has 1 fully saturated rings. The molecule has 1 aliphatic heterocycles. The van der Waals surface area contributed by atoms with Crippen LogP contribution in [0, 0.1) is 0 Å². The lowest BCUT2D eigenvalue weighted by molar-refractivity contribution is 1.02. The second-order valence-corrected chi connectivity index (χ2v) is 11.6. The molecule has 1 aliphatic rings. The van der Waals surface area contributed by atoms with Crippen LogP contribution in [0.2, 0.25) is 0 Å². The van der Waals surface area contributed by atoms with Crippen molar-refractivity contribution < 1.29 is 0 Å². The van der Waals surface area contributed by atoms with E-state index in [1.165, 1.54) is 0 Å². The van der Waals surface area contributed by atoms with Crippen molar-refractivity contribution in [3.63, 3.8) is 0 Å². The van der Waals surface area contributed by atoms with Crippen molar-refractivity contribution >= 4 is 72.2 Å². The van der Waals surface area contributed by atoms with Gasteiger partial charge in [-0.1, -0.05) is 38.4 Å². The van der Waals surface area contributed by atoms with Gasteiger partial charge in [-0.25, -0.2) is 0 Å². The third-order valence-electron chi connectivity index (χ3n) is 1.55. The lowest BCUT2D eigenvalue weighted by atomic mass is 12.0. The van der Waals surface area contributed by atoms with Crippen molar-refractivity contribution in [1.82, 2.24) is 9.35 Å². The minimum Gasteiger partial charge on any atom is -0.156 e. The Morgan fingerprint density at radius 3 is 1.00 bits per heavy atom. The molecule has 0 spiro atoms. The van der Waals surface area contributed by atoms with Gasteiger partial charge in [0.25, 0.3) is 0 Å². The quantitative estimate of drug-likeness (QED) is 0.380. The second-order valence-electron chi connectivity index (χ2n) is 2.27. The fourth-order valence-corrected chi connectivity index (χ4v) is 10.9. The molecule has 0 aromatic rings. The molecule has 0 saturated carbocycles. The van der Waals surface area contributed by atoms with Gasteiger partial charge >= 0.3 is 0 Å². The first-order chi connectivity index (χ1) is 5.46. The molecule has 0 atom stereocenters. The van der Waals surface area contributed by atoms with Gasteiger partial charge in [-0.3, -0.25) is 0 Å². The third-order valence-corrected chi connectivity index (χ3v) is 14.0. The molecule has 0 N–H and O–H groups in total. The van der Waals surface area contributed by atoms with Crippen LogP contribution in [0.5, 0.6) is 0 Å². The zero-order valence-electron chi connectivity index (χ0n) is 7.02. The molecule has 1 rings (SSSR count). The van der Waals surface area contributed by atoms with Crippen LogP contribution in [-0.2, 0) is 0 Å². The summed E-state index contributed by atoms with van der Waals surface area (Å²) in [7, 11) is 0. The van der Waals surface area contributed by atoms with Gasteiger partial charge in [-0.05, 0) is 18.8 Å². The van der Waals surface area contributed by atoms with Gasteiger partial charge in [-0.2, -0.15) is 9.35 Å². The Labute approximate surface area is 99.7 Å². The van der Waals surface area contributed by atoms with Crippen LogP contribution in [0.25, 0.3) is 0 Å². The fourth-order valence-electron chi connectivity index (χ4n) is 0.777. The summed E-state index contributed by atoms with van der Waals surface area (Å²) >= 11 is 12.2. The van der Waals surface area contributed by atoms with E-state index in [-0.39, 0.29) is 33.8 Å². The third kappa shape index (κ3) is 2.14. The van der Waals surface area contributed by atoms with Crippen molar-refractivity contribution in [2.24, 2.45) is 0 Å². The molecule has 1 saturated heterocycles. The molecule has 12 heavy (non-hydrogen) atoms. The van der Waals surface area contributed by atoms with Crippen molar-refractivity contribution in [3.05, 3.63) is 0 Å². The van der Waals surface area contributed by atoms with Gasteiger partial charge in [0.05, 0.1) is 0 Å². The van der Waals surface area contributed by atoms with E-state index in [0.717, 1.165) is 0 Å². The van der Waals surface area contributed by atoms with Gasteiger partial charge in [0.2, 0.25) is 0 Å². The van der Waals surface area contributed by atoms with Gasteiger partial charge in [0.15, 0.2) is 0 Å². The first-order valence-electron chi connectivity index (χ1n) is 3.14. The van der Waals surface area contributed by atoms with Gasteiger partial charge in [-0.15, -0.1) is 33.8 Å². The molecule has 0 unspecified atom stereocenters. The standard InChI is InChI=1S/C3H15N3S6/c1-10-4(7)11(2)6(9)12(3)5(10)8/h7-12H,1-3H3. The smallest absolute Gasteiger partial charge is 0.00921 e. The normalized spacial score (nSPS) is 51.0. The summed E-state index contributed by atoms with van der Waals surface area (Å²) in [6, 6.07) is 0. The minimum absolute atomic E-state index is 0.357. The summed E-state index contributed by atoms with van der Waals surface area (Å²) in [6.45, 7) is 0. The molecule has 0 amide bonds. The first kappa shape index (κ1) is 12.1. The first-order valence-corrected chi connectivity index (χ1v) is 9.42. The van der Waals surface area contributed by atoms with Crippen LogP contribution < -0.4 is 0 Å². The Kier molecular flexibility index (Phi) is 4.69. The van der Waals surface area contributed by atoms with Crippen molar-refractivity contribution in [3.8, 4) is 0 Å². The molecule has 0 aliphatic carbocycles. The zero-order valence-corrected chi connectivity index (χ0v) is 12.4. The molecule has 0 aromatic carbocycles. The predicted molar refractivity (Wildman–Crippen MR) is 77.2 cm³/mol. The largest absolute Gasteiger partial charge is 0.156 e. The average Bonchev–Trinajstić information content (AvgIpc) is 2.08. The Hall–Kier alpha value is 1.98. The Balaban J connectivity index is 2.76. The molecule has 9 heteroatoms. The second kappa shape index (κ2) is 4.67. The van der Waals surface area contributed by atoms with Crippen molar-refractivity contribution in [1.29, 1.82) is 0 Å². The highest BCUT2D eigenvalue weighted by molar-refractivity contribution is 8.49. The fraction of sp³-hybridized carbons (Fsp3) is 1.00. The SMILES string of the molecule is C[SH]1N(S)[SH](C)N(S)[SH](C)N1S. The summed E-state index contributed by atoms with van der Waals surface area (Å²) < 4.78 is 6.19. The van der Waals surface area contributed by atoms with Crippen LogP contribution in [0.15, 0.2) is 0 Å². The highest BCUT2D eigenvalue weighted by atomic mass is 32.4. The number of thiol groups is 6. The zero-order chi connectivity index (χ0) is 9.46. The molecular weight excluding hydrogens is 270 g/mol. The van der Waals surface area contributed by atoms with Crippen LogP contribution in [0.4, 0.5) is 0 Å². The van der Waals surface area contributed by atoms with Crippen molar-refractivity contribution in [2.45, 2.75) is 0 Å². The molecule has 1 heterocycles. The molecule has 78 valence electrons. The van der Waals surface area contributed by atoms with Gasteiger partial charge in [0.1, 0.15) is 0 Å². The topological polar surface area (TPSA) is 9.72 Å². The maximum atomic E-state index is 4.43. The Morgan fingerprint density at radius 1 is 0.667 bits per heavy atom. The monoisotopic (exact) mass is 285 g/mol. The van der Waals surface area contributed by atoms with Gasteiger partial charge in [0, 0.05) is 0 Å². The molecule has 0 aromatic heterocycles. The number of rotatable bonds is 0. The van der Waals surface area contributed by atoms with Crippen molar-refractivity contribution in [2.75, 3.05) is 18.8 Å². The summed E-state index contributed by atoms with van der Waals surface area (Å²) in [5.74, 6) is 0. The van der Waals surface area contributed by atoms with E-state index in [1.807, 2.05) is 0 Å². The predicted octanol–water partition coefficient (Wildman–Crippen LogP) is 1.82. The molecule has 3 nitrogen and oxygen atoms in total.